The van der Waals surface area contributed by atoms with Crippen molar-refractivity contribution >= 4 is 5.91 Å². The Morgan fingerprint density at radius 2 is 1.83 bits per heavy atom. The highest BCUT2D eigenvalue weighted by molar-refractivity contribution is 5.92. The first-order valence-corrected chi connectivity index (χ1v) is 6.07. The maximum atomic E-state index is 12.0. The van der Waals surface area contributed by atoms with Crippen LogP contribution in [0, 0.1) is 0 Å². The van der Waals surface area contributed by atoms with Gasteiger partial charge in [0.05, 0.1) is 12.2 Å². The maximum absolute atomic E-state index is 12.0. The van der Waals surface area contributed by atoms with Crippen molar-refractivity contribution in [3.8, 4) is 0 Å². The Labute approximate surface area is 106 Å². The van der Waals surface area contributed by atoms with E-state index in [0.29, 0.717) is 18.8 Å². The van der Waals surface area contributed by atoms with E-state index in [2.05, 4.69) is 15.5 Å². The van der Waals surface area contributed by atoms with E-state index in [-0.39, 0.29) is 5.91 Å². The van der Waals surface area contributed by atoms with E-state index in [4.69, 9.17) is 0 Å². The largest absolute Gasteiger partial charge is 0.345 e. The number of carbonyl (C=O) groups is 1. The van der Waals surface area contributed by atoms with Gasteiger partial charge in [0.15, 0.2) is 0 Å². The average Bonchev–Trinajstić information content (AvgIpc) is 3.03. The van der Waals surface area contributed by atoms with Crippen LogP contribution in [0.5, 0.6) is 0 Å². The van der Waals surface area contributed by atoms with Crippen LogP contribution < -0.4 is 5.32 Å². The Hall–Kier alpha value is -2.11. The van der Waals surface area contributed by atoms with Crippen molar-refractivity contribution in [2.45, 2.75) is 33.5 Å². The Kier molecular flexibility index (Phi) is 3.76. The van der Waals surface area contributed by atoms with Crippen LogP contribution in [0.1, 0.15) is 30.0 Å². The maximum Gasteiger partial charge on any atom is 0.269 e. The van der Waals surface area contributed by atoms with Crippen LogP contribution in [0.2, 0.25) is 0 Å². The molecule has 0 aliphatic heterocycles. The van der Waals surface area contributed by atoms with Crippen molar-refractivity contribution in [2.24, 2.45) is 0 Å². The summed E-state index contributed by atoms with van der Waals surface area (Å²) in [7, 11) is 0. The van der Waals surface area contributed by atoms with Crippen molar-refractivity contribution in [3.05, 3.63) is 35.9 Å². The van der Waals surface area contributed by atoms with Gasteiger partial charge in [-0.15, -0.1) is 0 Å². The average molecular weight is 247 g/mol. The summed E-state index contributed by atoms with van der Waals surface area (Å²) in [5.41, 5.74) is 1.58. The number of hydrogen-bond acceptors (Lipinski definition) is 3. The molecule has 2 heterocycles. The summed E-state index contributed by atoms with van der Waals surface area (Å²) in [6, 6.07) is 3.62. The molecule has 6 nitrogen and oxygen atoms in total. The highest BCUT2D eigenvalue weighted by Gasteiger charge is 2.11. The standard InChI is InChI=1S/C12H17N5O/c1-3-16-10(5-7-14-16)9-13-12(18)11-6-8-15-17(11)4-2/h5-8H,3-4,9H2,1-2H3,(H,13,18). The highest BCUT2D eigenvalue weighted by atomic mass is 16.2. The van der Waals surface area contributed by atoms with E-state index in [1.54, 1.807) is 23.1 Å². The van der Waals surface area contributed by atoms with Crippen LogP contribution in [0.25, 0.3) is 0 Å². The van der Waals surface area contributed by atoms with Crippen molar-refractivity contribution in [3.63, 3.8) is 0 Å². The fourth-order valence-corrected chi connectivity index (χ4v) is 1.83. The van der Waals surface area contributed by atoms with Crippen LogP contribution in [-0.2, 0) is 19.6 Å². The zero-order chi connectivity index (χ0) is 13.0. The summed E-state index contributed by atoms with van der Waals surface area (Å²) in [4.78, 5) is 12.0. The summed E-state index contributed by atoms with van der Waals surface area (Å²) >= 11 is 0. The molecular weight excluding hydrogens is 230 g/mol. The molecule has 0 bridgehead atoms. The summed E-state index contributed by atoms with van der Waals surface area (Å²) < 4.78 is 3.53. The molecule has 0 saturated carbocycles. The third kappa shape index (κ3) is 2.42. The highest BCUT2D eigenvalue weighted by Crippen LogP contribution is 2.01. The van der Waals surface area contributed by atoms with E-state index in [1.165, 1.54) is 0 Å². The summed E-state index contributed by atoms with van der Waals surface area (Å²) in [5, 5.41) is 11.1. The zero-order valence-electron chi connectivity index (χ0n) is 10.6. The monoisotopic (exact) mass is 247 g/mol. The molecule has 2 rings (SSSR count). The van der Waals surface area contributed by atoms with Gasteiger partial charge < -0.3 is 5.32 Å². The lowest BCUT2D eigenvalue weighted by Crippen LogP contribution is -2.26. The summed E-state index contributed by atoms with van der Waals surface area (Å²) in [5.74, 6) is -0.113. The first-order chi connectivity index (χ1) is 8.76. The molecule has 2 aromatic rings. The SMILES string of the molecule is CCn1nccc1CNC(=O)c1ccnn1CC. The van der Waals surface area contributed by atoms with Crippen molar-refractivity contribution < 1.29 is 4.79 Å². The number of nitrogens with zero attached hydrogens (tertiary/aromatic N) is 4. The topological polar surface area (TPSA) is 64.7 Å². The molecule has 96 valence electrons. The van der Waals surface area contributed by atoms with Gasteiger partial charge in [0.1, 0.15) is 5.69 Å². The van der Waals surface area contributed by atoms with E-state index >= 15 is 0 Å². The Bertz CT molecular complexity index is 528. The molecule has 0 spiro atoms. The molecule has 0 fully saturated rings. The van der Waals surface area contributed by atoms with Crippen LogP contribution in [0.15, 0.2) is 24.5 Å². The number of aryl methyl sites for hydroxylation is 2. The van der Waals surface area contributed by atoms with Crippen LogP contribution >= 0.6 is 0 Å². The number of rotatable bonds is 5. The second-order valence-corrected chi connectivity index (χ2v) is 3.85. The Balaban J connectivity index is 2.00. The van der Waals surface area contributed by atoms with Crippen LogP contribution in [-0.4, -0.2) is 25.5 Å². The van der Waals surface area contributed by atoms with E-state index in [1.807, 2.05) is 24.6 Å². The minimum atomic E-state index is -0.113. The number of carbonyl (C=O) groups excluding carboxylic acids is 1. The van der Waals surface area contributed by atoms with Gasteiger partial charge in [-0.05, 0) is 26.0 Å². The van der Waals surface area contributed by atoms with Crippen molar-refractivity contribution in [1.29, 1.82) is 0 Å². The predicted octanol–water partition coefficient (Wildman–Crippen LogP) is 1.05. The Morgan fingerprint density at radius 1 is 1.17 bits per heavy atom. The molecule has 0 saturated heterocycles. The number of amides is 1. The molecule has 0 aliphatic carbocycles. The fourth-order valence-electron chi connectivity index (χ4n) is 1.83. The second kappa shape index (κ2) is 5.48. The van der Waals surface area contributed by atoms with Crippen LogP contribution in [0.4, 0.5) is 0 Å². The molecule has 0 radical (unpaired) electrons. The van der Waals surface area contributed by atoms with Gasteiger partial charge in [0, 0.05) is 25.5 Å². The van der Waals surface area contributed by atoms with Gasteiger partial charge >= 0.3 is 0 Å². The molecule has 0 aromatic carbocycles. The number of hydrogen-bond donors (Lipinski definition) is 1. The molecule has 0 unspecified atom stereocenters. The first kappa shape index (κ1) is 12.3. The molecule has 6 heteroatoms. The molecule has 0 aliphatic rings. The molecule has 18 heavy (non-hydrogen) atoms. The van der Waals surface area contributed by atoms with Gasteiger partial charge in [-0.25, -0.2) is 0 Å². The number of nitrogens with one attached hydrogen (secondary N) is 1. The number of aromatic nitrogens is 4. The lowest BCUT2D eigenvalue weighted by atomic mass is 10.3. The van der Waals surface area contributed by atoms with Gasteiger partial charge in [-0.3, -0.25) is 14.2 Å². The van der Waals surface area contributed by atoms with Gasteiger partial charge in [-0.1, -0.05) is 0 Å². The lowest BCUT2D eigenvalue weighted by molar-refractivity contribution is 0.0939. The predicted molar refractivity (Wildman–Crippen MR) is 67.0 cm³/mol. The fraction of sp³-hybridized carbons (Fsp3) is 0.417. The quantitative estimate of drug-likeness (QED) is 0.859. The normalized spacial score (nSPS) is 10.6. The smallest absolute Gasteiger partial charge is 0.269 e. The molecule has 1 N–H and O–H groups in total. The zero-order valence-corrected chi connectivity index (χ0v) is 10.6. The van der Waals surface area contributed by atoms with E-state index < -0.39 is 0 Å². The molecule has 2 aromatic heterocycles. The Morgan fingerprint density at radius 3 is 2.56 bits per heavy atom. The minimum Gasteiger partial charge on any atom is -0.345 e. The van der Waals surface area contributed by atoms with Crippen molar-refractivity contribution in [1.82, 2.24) is 24.9 Å². The molecule has 1 amide bonds. The third-order valence-electron chi connectivity index (χ3n) is 2.78. The summed E-state index contributed by atoms with van der Waals surface area (Å²) in [6.45, 7) is 5.93. The van der Waals surface area contributed by atoms with Gasteiger partial charge in [0.25, 0.3) is 5.91 Å². The van der Waals surface area contributed by atoms with Gasteiger partial charge in [-0.2, -0.15) is 10.2 Å². The van der Waals surface area contributed by atoms with E-state index in [0.717, 1.165) is 12.2 Å². The minimum absolute atomic E-state index is 0.113. The van der Waals surface area contributed by atoms with Crippen molar-refractivity contribution in [2.75, 3.05) is 0 Å². The van der Waals surface area contributed by atoms with Crippen LogP contribution in [0.3, 0.4) is 0 Å². The summed E-state index contributed by atoms with van der Waals surface area (Å²) in [6.07, 6.45) is 3.37. The third-order valence-corrected chi connectivity index (χ3v) is 2.78. The molecule has 0 atom stereocenters. The first-order valence-electron chi connectivity index (χ1n) is 6.07. The lowest BCUT2D eigenvalue weighted by Gasteiger charge is -2.08. The van der Waals surface area contributed by atoms with E-state index in [9.17, 15) is 4.79 Å². The van der Waals surface area contributed by atoms with Gasteiger partial charge in [0.2, 0.25) is 0 Å². The second-order valence-electron chi connectivity index (χ2n) is 3.85. The molecular formula is C12H17N5O.